The second kappa shape index (κ2) is 5.35. The number of aromatic nitrogens is 1. The van der Waals surface area contributed by atoms with Crippen molar-refractivity contribution < 1.29 is 4.74 Å². The Morgan fingerprint density at radius 2 is 2.16 bits per heavy atom. The van der Waals surface area contributed by atoms with Crippen LogP contribution >= 0.6 is 0 Å². The Bertz CT molecular complexity index is 496. The Morgan fingerprint density at radius 1 is 1.42 bits per heavy atom. The highest BCUT2D eigenvalue weighted by atomic mass is 16.5. The summed E-state index contributed by atoms with van der Waals surface area (Å²) in [7, 11) is 0. The topological polar surface area (TPSA) is 60.5 Å². The number of ether oxygens (including phenoxy) is 1. The predicted octanol–water partition coefficient (Wildman–Crippen LogP) is 0.930. The molecule has 1 aliphatic heterocycles. The molecule has 1 aromatic rings. The molecule has 5 nitrogen and oxygen atoms in total. The monoisotopic (exact) mass is 265 g/mol. The molecular weight excluding hydrogens is 242 g/mol. The predicted molar refractivity (Wildman–Crippen MR) is 76.2 cm³/mol. The second-order valence-electron chi connectivity index (χ2n) is 5.92. The van der Waals surface area contributed by atoms with Gasteiger partial charge in [0.05, 0.1) is 11.7 Å². The average molecular weight is 265 g/mol. The van der Waals surface area contributed by atoms with Gasteiger partial charge in [-0.3, -0.25) is 9.69 Å². The Morgan fingerprint density at radius 3 is 2.84 bits per heavy atom. The van der Waals surface area contributed by atoms with Crippen molar-refractivity contribution in [2.45, 2.75) is 39.0 Å². The van der Waals surface area contributed by atoms with Crippen LogP contribution in [-0.4, -0.2) is 40.8 Å². The zero-order chi connectivity index (χ0) is 14.0. The summed E-state index contributed by atoms with van der Waals surface area (Å²) in [4.78, 5) is 14.0. The molecule has 1 saturated heterocycles. The van der Waals surface area contributed by atoms with Gasteiger partial charge in [-0.25, -0.2) is 0 Å². The van der Waals surface area contributed by atoms with Gasteiger partial charge in [0.25, 0.3) is 5.56 Å². The zero-order valence-electron chi connectivity index (χ0n) is 11.9. The lowest BCUT2D eigenvalue weighted by molar-refractivity contribution is -0.129. The first kappa shape index (κ1) is 14.1. The fraction of sp³-hybridized carbons (Fsp3) is 0.643. The van der Waals surface area contributed by atoms with Crippen molar-refractivity contribution in [2.24, 2.45) is 0 Å². The largest absolute Gasteiger partial charge is 0.398 e. The lowest BCUT2D eigenvalue weighted by Crippen LogP contribution is -2.52. The summed E-state index contributed by atoms with van der Waals surface area (Å²) in [6.07, 6.45) is 1.93. The van der Waals surface area contributed by atoms with Crippen molar-refractivity contribution >= 4 is 5.69 Å². The smallest absolute Gasteiger partial charge is 0.250 e. The summed E-state index contributed by atoms with van der Waals surface area (Å²) in [5.74, 6) is 0. The van der Waals surface area contributed by atoms with Crippen LogP contribution in [0.4, 0.5) is 5.69 Å². The quantitative estimate of drug-likeness (QED) is 0.883. The van der Waals surface area contributed by atoms with Crippen molar-refractivity contribution in [1.82, 2.24) is 9.47 Å². The van der Waals surface area contributed by atoms with E-state index in [4.69, 9.17) is 10.5 Å². The van der Waals surface area contributed by atoms with Crippen molar-refractivity contribution in [3.05, 3.63) is 28.7 Å². The van der Waals surface area contributed by atoms with E-state index in [9.17, 15) is 4.79 Å². The van der Waals surface area contributed by atoms with Crippen LogP contribution in [0.5, 0.6) is 0 Å². The minimum Gasteiger partial charge on any atom is -0.398 e. The summed E-state index contributed by atoms with van der Waals surface area (Å²) < 4.78 is 7.54. The van der Waals surface area contributed by atoms with Gasteiger partial charge in [-0.2, -0.15) is 0 Å². The van der Waals surface area contributed by atoms with E-state index in [-0.39, 0.29) is 17.3 Å². The summed E-state index contributed by atoms with van der Waals surface area (Å²) >= 11 is 0. The van der Waals surface area contributed by atoms with Gasteiger partial charge < -0.3 is 15.0 Å². The molecule has 1 unspecified atom stereocenters. The van der Waals surface area contributed by atoms with Gasteiger partial charge in [-0.1, -0.05) is 0 Å². The minimum atomic E-state index is -0.127. The van der Waals surface area contributed by atoms with Crippen molar-refractivity contribution in [2.75, 3.05) is 25.4 Å². The van der Waals surface area contributed by atoms with Gasteiger partial charge in [0.1, 0.15) is 0 Å². The molecule has 1 aliphatic rings. The number of nitrogens with zero attached hydrogens (tertiary/aromatic N) is 2. The number of rotatable bonds is 3. The zero-order valence-corrected chi connectivity index (χ0v) is 11.9. The first-order valence-corrected chi connectivity index (χ1v) is 6.72. The highest BCUT2D eigenvalue weighted by Crippen LogP contribution is 2.20. The molecule has 0 bridgehead atoms. The standard InChI is InChI=1S/C14H23N3O2/c1-11-8-16(10-14(2,3)19-11)6-7-17-9-12(15)4-5-13(17)18/h4-5,9,11H,6-8,10,15H2,1-3H3. The number of hydrogen-bond donors (Lipinski definition) is 1. The maximum atomic E-state index is 11.7. The molecule has 0 aliphatic carbocycles. The van der Waals surface area contributed by atoms with Crippen LogP contribution in [0.15, 0.2) is 23.1 Å². The van der Waals surface area contributed by atoms with E-state index in [0.717, 1.165) is 19.6 Å². The molecule has 1 fully saturated rings. The van der Waals surface area contributed by atoms with Gasteiger partial charge >= 0.3 is 0 Å². The van der Waals surface area contributed by atoms with Gasteiger partial charge in [0.2, 0.25) is 0 Å². The van der Waals surface area contributed by atoms with Gasteiger partial charge in [0.15, 0.2) is 0 Å². The maximum Gasteiger partial charge on any atom is 0.250 e. The van der Waals surface area contributed by atoms with E-state index < -0.39 is 0 Å². The molecule has 1 atom stereocenters. The fourth-order valence-corrected chi connectivity index (χ4v) is 2.73. The fourth-order valence-electron chi connectivity index (χ4n) is 2.73. The maximum absolute atomic E-state index is 11.7. The molecule has 0 radical (unpaired) electrons. The first-order valence-electron chi connectivity index (χ1n) is 6.72. The Hall–Kier alpha value is -1.33. The molecule has 2 N–H and O–H groups in total. The average Bonchev–Trinajstić information content (AvgIpc) is 2.28. The van der Waals surface area contributed by atoms with E-state index in [1.165, 1.54) is 6.07 Å². The van der Waals surface area contributed by atoms with E-state index in [1.54, 1.807) is 16.8 Å². The molecule has 0 spiro atoms. The Labute approximate surface area is 114 Å². The lowest BCUT2D eigenvalue weighted by Gasteiger charge is -2.41. The van der Waals surface area contributed by atoms with Crippen LogP contribution < -0.4 is 11.3 Å². The van der Waals surface area contributed by atoms with Crippen LogP contribution in [0.1, 0.15) is 20.8 Å². The molecule has 0 aromatic carbocycles. The number of anilines is 1. The molecule has 106 valence electrons. The molecule has 2 rings (SSSR count). The summed E-state index contributed by atoms with van der Waals surface area (Å²) in [6, 6.07) is 3.15. The van der Waals surface area contributed by atoms with Crippen molar-refractivity contribution in [1.29, 1.82) is 0 Å². The second-order valence-corrected chi connectivity index (χ2v) is 5.92. The van der Waals surface area contributed by atoms with Crippen LogP contribution in [0.3, 0.4) is 0 Å². The third-order valence-electron chi connectivity index (χ3n) is 3.30. The van der Waals surface area contributed by atoms with Gasteiger partial charge in [0, 0.05) is 44.1 Å². The number of nitrogen functional groups attached to an aromatic ring is 1. The van der Waals surface area contributed by atoms with Gasteiger partial charge in [-0.15, -0.1) is 0 Å². The summed E-state index contributed by atoms with van der Waals surface area (Å²) in [6.45, 7) is 9.56. The van der Waals surface area contributed by atoms with E-state index >= 15 is 0 Å². The molecular formula is C14H23N3O2. The third kappa shape index (κ3) is 3.81. The third-order valence-corrected chi connectivity index (χ3v) is 3.30. The summed E-state index contributed by atoms with van der Waals surface area (Å²) in [5.41, 5.74) is 6.20. The Balaban J connectivity index is 1.98. The molecule has 0 saturated carbocycles. The number of hydrogen-bond acceptors (Lipinski definition) is 4. The minimum absolute atomic E-state index is 0.00484. The SMILES string of the molecule is CC1CN(CCn2cc(N)ccc2=O)CC(C)(C)O1. The number of pyridine rings is 1. The molecule has 5 heteroatoms. The van der Waals surface area contributed by atoms with Crippen LogP contribution in [0, 0.1) is 0 Å². The summed E-state index contributed by atoms with van der Waals surface area (Å²) in [5, 5.41) is 0. The highest BCUT2D eigenvalue weighted by Gasteiger charge is 2.30. The van der Waals surface area contributed by atoms with Gasteiger partial charge in [-0.05, 0) is 26.8 Å². The number of morpholine rings is 1. The highest BCUT2D eigenvalue weighted by molar-refractivity contribution is 5.33. The molecule has 0 amide bonds. The normalized spacial score (nSPS) is 23.4. The molecule has 2 heterocycles. The van der Waals surface area contributed by atoms with E-state index in [0.29, 0.717) is 12.2 Å². The van der Waals surface area contributed by atoms with Crippen LogP contribution in [0.25, 0.3) is 0 Å². The Kier molecular flexibility index (Phi) is 3.96. The van der Waals surface area contributed by atoms with E-state index in [1.807, 2.05) is 0 Å². The van der Waals surface area contributed by atoms with Crippen LogP contribution in [-0.2, 0) is 11.3 Å². The lowest BCUT2D eigenvalue weighted by atomic mass is 10.1. The molecule has 1 aromatic heterocycles. The van der Waals surface area contributed by atoms with E-state index in [2.05, 4.69) is 25.7 Å². The van der Waals surface area contributed by atoms with Crippen molar-refractivity contribution in [3.8, 4) is 0 Å². The number of nitrogens with two attached hydrogens (primary N) is 1. The molecule has 19 heavy (non-hydrogen) atoms. The van der Waals surface area contributed by atoms with Crippen LogP contribution in [0.2, 0.25) is 0 Å². The van der Waals surface area contributed by atoms with Crippen molar-refractivity contribution in [3.63, 3.8) is 0 Å². The first-order chi connectivity index (χ1) is 8.85.